The monoisotopic (exact) mass is 178 g/mol. The summed E-state index contributed by atoms with van der Waals surface area (Å²) < 4.78 is 5.26. The molecule has 1 nitrogen and oxygen atoms in total. The number of hydrogen-bond acceptors (Lipinski definition) is 1. The van der Waals surface area contributed by atoms with Gasteiger partial charge in [-0.3, -0.25) is 0 Å². The van der Waals surface area contributed by atoms with Gasteiger partial charge in [-0.05, 0) is 12.5 Å². The molecule has 1 rings (SSSR count). The Kier molecular flexibility index (Phi) is 4.35. The topological polar surface area (TPSA) is 9.23 Å². The summed E-state index contributed by atoms with van der Waals surface area (Å²) in [5.74, 6) is 0. The molecule has 1 atom stereocenters. The third kappa shape index (κ3) is 2.96. The zero-order valence-electron chi connectivity index (χ0n) is 7.21. The molecule has 0 spiro atoms. The smallest absolute Gasteiger partial charge is 0.114 e. The molecule has 0 amide bonds. The van der Waals surface area contributed by atoms with Crippen molar-refractivity contribution in [3.05, 3.63) is 29.8 Å². The van der Waals surface area contributed by atoms with Crippen LogP contribution in [0.1, 0.15) is 12.5 Å². The van der Waals surface area contributed by atoms with Crippen molar-refractivity contribution >= 4 is 22.1 Å². The lowest BCUT2D eigenvalue weighted by Gasteiger charge is -2.04. The molecule has 0 aliphatic rings. The lowest BCUT2D eigenvalue weighted by Crippen LogP contribution is -2.07. The summed E-state index contributed by atoms with van der Waals surface area (Å²) in [5, 5.41) is 0. The zero-order chi connectivity index (χ0) is 8.81. The molecule has 0 saturated heterocycles. The normalized spacial score (nSPS) is 11.1. The average Bonchev–Trinajstić information content (AvgIpc) is 2.09. The van der Waals surface area contributed by atoms with E-state index in [1.807, 2.05) is 31.2 Å². The first kappa shape index (κ1) is 9.76. The van der Waals surface area contributed by atoms with Gasteiger partial charge in [0.05, 0.1) is 0 Å². The molecule has 0 aromatic heterocycles. The van der Waals surface area contributed by atoms with Crippen LogP contribution < -0.4 is 5.46 Å². The van der Waals surface area contributed by atoms with Gasteiger partial charge in [0, 0.05) is 21.6 Å². The van der Waals surface area contributed by atoms with E-state index in [9.17, 15) is 0 Å². The van der Waals surface area contributed by atoms with E-state index in [4.69, 9.17) is 12.4 Å². The van der Waals surface area contributed by atoms with Crippen molar-refractivity contribution in [1.29, 1.82) is 0 Å². The summed E-state index contributed by atoms with van der Waals surface area (Å²) in [6.45, 7) is 2.78. The van der Waals surface area contributed by atoms with Crippen LogP contribution in [0.5, 0.6) is 0 Å². The fourth-order valence-corrected chi connectivity index (χ4v) is 1.71. The standard InChI is InChI=1S/C9H12BOP/c1-2-11-12-7-8-5-3-4-6-9(8)10/h3-6,12H,2,7H2,1H3. The molecule has 0 aliphatic carbocycles. The van der Waals surface area contributed by atoms with Gasteiger partial charge in [-0.25, -0.2) is 0 Å². The van der Waals surface area contributed by atoms with Gasteiger partial charge in [-0.2, -0.15) is 0 Å². The average molecular weight is 178 g/mol. The summed E-state index contributed by atoms with van der Waals surface area (Å²) in [7, 11) is 6.28. The van der Waals surface area contributed by atoms with Crippen LogP contribution in [0.15, 0.2) is 24.3 Å². The van der Waals surface area contributed by atoms with Crippen LogP contribution in [0, 0.1) is 0 Å². The highest BCUT2D eigenvalue weighted by molar-refractivity contribution is 7.31. The van der Waals surface area contributed by atoms with Crippen molar-refractivity contribution in [3.8, 4) is 0 Å². The van der Waals surface area contributed by atoms with Gasteiger partial charge in [-0.1, -0.05) is 29.7 Å². The molecule has 1 aromatic rings. The van der Waals surface area contributed by atoms with Crippen LogP contribution >= 0.6 is 8.81 Å². The van der Waals surface area contributed by atoms with E-state index in [1.54, 1.807) is 0 Å². The molecule has 0 fully saturated rings. The first-order chi connectivity index (χ1) is 5.84. The highest BCUT2D eigenvalue weighted by atomic mass is 31.1. The van der Waals surface area contributed by atoms with E-state index in [2.05, 4.69) is 0 Å². The Hall–Kier alpha value is -0.325. The van der Waals surface area contributed by atoms with E-state index in [1.165, 1.54) is 5.56 Å². The van der Waals surface area contributed by atoms with Crippen molar-refractivity contribution in [2.75, 3.05) is 6.61 Å². The molecule has 1 aromatic carbocycles. The number of hydrogen-bond donors (Lipinski definition) is 0. The van der Waals surface area contributed by atoms with E-state index >= 15 is 0 Å². The Morgan fingerprint density at radius 1 is 1.42 bits per heavy atom. The predicted octanol–water partition coefficient (Wildman–Crippen LogP) is 1.61. The minimum atomic E-state index is 0.526. The maximum absolute atomic E-state index is 5.75. The van der Waals surface area contributed by atoms with Gasteiger partial charge in [0.2, 0.25) is 0 Å². The number of benzene rings is 1. The molecule has 0 aliphatic heterocycles. The minimum Gasteiger partial charge on any atom is -0.362 e. The fraction of sp³-hybridized carbons (Fsp3) is 0.333. The summed E-state index contributed by atoms with van der Waals surface area (Å²) in [6.07, 6.45) is 0.931. The van der Waals surface area contributed by atoms with Crippen molar-refractivity contribution in [3.63, 3.8) is 0 Å². The molecule has 62 valence electrons. The van der Waals surface area contributed by atoms with Gasteiger partial charge in [0.1, 0.15) is 7.85 Å². The molecule has 2 radical (unpaired) electrons. The van der Waals surface area contributed by atoms with E-state index in [-0.39, 0.29) is 0 Å². The SMILES string of the molecule is [B]c1ccccc1CPOCC. The van der Waals surface area contributed by atoms with Crippen LogP contribution in [0.25, 0.3) is 0 Å². The second-order valence-electron chi connectivity index (χ2n) is 2.45. The summed E-state index contributed by atoms with van der Waals surface area (Å²) in [4.78, 5) is 0. The molecular weight excluding hydrogens is 166 g/mol. The predicted molar refractivity (Wildman–Crippen MR) is 55.5 cm³/mol. The van der Waals surface area contributed by atoms with Gasteiger partial charge in [0.15, 0.2) is 0 Å². The van der Waals surface area contributed by atoms with Crippen LogP contribution in [-0.4, -0.2) is 14.5 Å². The van der Waals surface area contributed by atoms with Gasteiger partial charge < -0.3 is 4.52 Å². The third-order valence-electron chi connectivity index (χ3n) is 1.56. The Balaban J connectivity index is 2.46. The second-order valence-corrected chi connectivity index (χ2v) is 3.38. The number of rotatable bonds is 4. The summed E-state index contributed by atoms with van der Waals surface area (Å²) in [6, 6.07) is 7.91. The molecule has 1 unspecified atom stereocenters. The van der Waals surface area contributed by atoms with E-state index in [0.29, 0.717) is 8.81 Å². The Morgan fingerprint density at radius 3 is 2.83 bits per heavy atom. The van der Waals surface area contributed by atoms with Crippen molar-refractivity contribution in [2.24, 2.45) is 0 Å². The lowest BCUT2D eigenvalue weighted by atomic mass is 9.92. The first-order valence-corrected chi connectivity index (χ1v) is 5.14. The summed E-state index contributed by atoms with van der Waals surface area (Å²) in [5.41, 5.74) is 2.05. The van der Waals surface area contributed by atoms with Crippen molar-refractivity contribution < 1.29 is 4.52 Å². The molecule has 0 saturated carbocycles. The zero-order valence-corrected chi connectivity index (χ0v) is 8.21. The van der Waals surface area contributed by atoms with Crippen molar-refractivity contribution in [2.45, 2.75) is 13.1 Å². The van der Waals surface area contributed by atoms with Crippen LogP contribution in [0.2, 0.25) is 0 Å². The second kappa shape index (κ2) is 5.34. The van der Waals surface area contributed by atoms with Gasteiger partial charge >= 0.3 is 0 Å². The molecule has 3 heteroatoms. The molecule has 0 heterocycles. The first-order valence-electron chi connectivity index (χ1n) is 4.02. The van der Waals surface area contributed by atoms with Crippen LogP contribution in [-0.2, 0) is 10.7 Å². The van der Waals surface area contributed by atoms with Gasteiger partial charge in [-0.15, -0.1) is 0 Å². The Bertz CT molecular complexity index is 240. The molecule has 0 bridgehead atoms. The largest absolute Gasteiger partial charge is 0.362 e. The van der Waals surface area contributed by atoms with E-state index < -0.39 is 0 Å². The van der Waals surface area contributed by atoms with Crippen molar-refractivity contribution in [1.82, 2.24) is 0 Å². The molecular formula is C9H12BOP. The summed E-state index contributed by atoms with van der Waals surface area (Å²) >= 11 is 0. The molecule has 12 heavy (non-hydrogen) atoms. The fourth-order valence-electron chi connectivity index (χ4n) is 0.926. The lowest BCUT2D eigenvalue weighted by molar-refractivity contribution is 0.389. The third-order valence-corrected chi connectivity index (χ3v) is 2.58. The van der Waals surface area contributed by atoms with E-state index in [0.717, 1.165) is 18.2 Å². The maximum Gasteiger partial charge on any atom is 0.114 e. The minimum absolute atomic E-state index is 0.526. The maximum atomic E-state index is 5.75. The highest BCUT2D eigenvalue weighted by Gasteiger charge is 1.95. The van der Waals surface area contributed by atoms with Gasteiger partial charge in [0.25, 0.3) is 0 Å². The highest BCUT2D eigenvalue weighted by Crippen LogP contribution is 2.17. The van der Waals surface area contributed by atoms with Crippen LogP contribution in [0.4, 0.5) is 0 Å². The molecule has 0 N–H and O–H groups in total. The quantitative estimate of drug-likeness (QED) is 0.386. The van der Waals surface area contributed by atoms with Crippen LogP contribution in [0.3, 0.4) is 0 Å². The Morgan fingerprint density at radius 2 is 2.17 bits per heavy atom. The Labute approximate surface area is 76.8 Å².